The Morgan fingerprint density at radius 1 is 1.42 bits per heavy atom. The Morgan fingerprint density at radius 2 is 2.00 bits per heavy atom. The lowest BCUT2D eigenvalue weighted by Gasteiger charge is -2.20. The SMILES string of the molecule is NC(=O)C1CCN(c2c(Cl)cc([N+](=O)[O-])cc2Cl)C1. The van der Waals surface area contributed by atoms with Crippen molar-refractivity contribution in [1.82, 2.24) is 0 Å². The van der Waals surface area contributed by atoms with Crippen molar-refractivity contribution in [2.45, 2.75) is 6.42 Å². The van der Waals surface area contributed by atoms with Gasteiger partial charge in [-0.3, -0.25) is 14.9 Å². The topological polar surface area (TPSA) is 89.5 Å². The van der Waals surface area contributed by atoms with Crippen LogP contribution in [0.25, 0.3) is 0 Å². The Bertz CT molecular complexity index is 527. The molecule has 0 bridgehead atoms. The molecule has 19 heavy (non-hydrogen) atoms. The summed E-state index contributed by atoms with van der Waals surface area (Å²) in [5.74, 6) is -0.612. The zero-order valence-electron chi connectivity index (χ0n) is 9.81. The van der Waals surface area contributed by atoms with E-state index in [2.05, 4.69) is 0 Å². The molecule has 0 aromatic heterocycles. The fourth-order valence-electron chi connectivity index (χ4n) is 2.16. The minimum absolute atomic E-state index is 0.163. The van der Waals surface area contributed by atoms with Gasteiger partial charge >= 0.3 is 0 Å². The van der Waals surface area contributed by atoms with Crippen molar-refractivity contribution in [3.8, 4) is 0 Å². The summed E-state index contributed by atoms with van der Waals surface area (Å²) >= 11 is 12.1. The van der Waals surface area contributed by atoms with Crippen molar-refractivity contribution in [2.24, 2.45) is 11.7 Å². The predicted octanol–water partition coefficient (Wildman–Crippen LogP) is 2.21. The van der Waals surface area contributed by atoms with Gasteiger partial charge in [-0.25, -0.2) is 0 Å². The third-order valence-electron chi connectivity index (χ3n) is 3.12. The van der Waals surface area contributed by atoms with E-state index in [-0.39, 0.29) is 27.6 Å². The summed E-state index contributed by atoms with van der Waals surface area (Å²) in [6, 6.07) is 2.50. The molecule has 2 N–H and O–H groups in total. The second-order valence-corrected chi connectivity index (χ2v) is 5.16. The number of non-ortho nitro benzene ring substituents is 1. The summed E-state index contributed by atoms with van der Waals surface area (Å²) < 4.78 is 0. The Labute approximate surface area is 119 Å². The molecular formula is C11H11Cl2N3O3. The zero-order valence-corrected chi connectivity index (χ0v) is 11.3. The molecule has 0 saturated carbocycles. The van der Waals surface area contributed by atoms with E-state index in [4.69, 9.17) is 28.9 Å². The van der Waals surface area contributed by atoms with Crippen molar-refractivity contribution in [3.05, 3.63) is 32.3 Å². The molecule has 1 aromatic carbocycles. The molecule has 6 nitrogen and oxygen atoms in total. The highest BCUT2D eigenvalue weighted by Gasteiger charge is 2.29. The number of amides is 1. The molecule has 102 valence electrons. The largest absolute Gasteiger partial charge is 0.369 e. The number of hydrogen-bond donors (Lipinski definition) is 1. The molecule has 0 radical (unpaired) electrons. The molecule has 1 saturated heterocycles. The first kappa shape index (κ1) is 13.9. The van der Waals surface area contributed by atoms with Crippen molar-refractivity contribution in [1.29, 1.82) is 0 Å². The molecule has 1 unspecified atom stereocenters. The fraction of sp³-hybridized carbons (Fsp3) is 0.364. The van der Waals surface area contributed by atoms with Crippen LogP contribution in [-0.4, -0.2) is 23.9 Å². The monoisotopic (exact) mass is 303 g/mol. The number of halogens is 2. The molecule has 1 atom stereocenters. The highest BCUT2D eigenvalue weighted by molar-refractivity contribution is 6.39. The minimum atomic E-state index is -0.558. The molecule has 1 aliphatic heterocycles. The van der Waals surface area contributed by atoms with Crippen LogP contribution in [0.4, 0.5) is 11.4 Å². The van der Waals surface area contributed by atoms with Crippen LogP contribution in [0.2, 0.25) is 10.0 Å². The predicted molar refractivity (Wildman–Crippen MR) is 72.6 cm³/mol. The highest BCUT2D eigenvalue weighted by Crippen LogP contribution is 2.39. The molecule has 1 aliphatic rings. The van der Waals surface area contributed by atoms with Gasteiger partial charge in [-0.15, -0.1) is 0 Å². The van der Waals surface area contributed by atoms with Crippen LogP contribution in [0.1, 0.15) is 6.42 Å². The van der Waals surface area contributed by atoms with Gasteiger partial charge in [0.05, 0.1) is 26.6 Å². The van der Waals surface area contributed by atoms with E-state index >= 15 is 0 Å². The number of carbonyl (C=O) groups excluding carboxylic acids is 1. The van der Waals surface area contributed by atoms with Crippen LogP contribution in [-0.2, 0) is 4.79 Å². The summed E-state index contributed by atoms with van der Waals surface area (Å²) in [4.78, 5) is 23.1. The Balaban J connectivity index is 2.31. The first-order chi connectivity index (χ1) is 8.90. The van der Waals surface area contributed by atoms with E-state index in [9.17, 15) is 14.9 Å². The van der Waals surface area contributed by atoms with Gasteiger partial charge in [0.15, 0.2) is 0 Å². The first-order valence-electron chi connectivity index (χ1n) is 5.58. The first-order valence-corrected chi connectivity index (χ1v) is 6.33. The van der Waals surface area contributed by atoms with Crippen molar-refractivity contribution in [3.63, 3.8) is 0 Å². The number of nitrogens with zero attached hydrogens (tertiary/aromatic N) is 2. The lowest BCUT2D eigenvalue weighted by molar-refractivity contribution is -0.384. The van der Waals surface area contributed by atoms with Crippen LogP contribution in [0.5, 0.6) is 0 Å². The molecule has 1 amide bonds. The van der Waals surface area contributed by atoms with Crippen molar-refractivity contribution >= 4 is 40.5 Å². The Morgan fingerprint density at radius 3 is 2.42 bits per heavy atom. The van der Waals surface area contributed by atoms with E-state index in [1.165, 1.54) is 12.1 Å². The third kappa shape index (κ3) is 2.74. The van der Waals surface area contributed by atoms with Crippen LogP contribution in [0.3, 0.4) is 0 Å². The molecular weight excluding hydrogens is 293 g/mol. The number of primary amides is 1. The van der Waals surface area contributed by atoms with E-state index in [0.29, 0.717) is 25.2 Å². The fourth-order valence-corrected chi connectivity index (χ4v) is 2.87. The highest BCUT2D eigenvalue weighted by atomic mass is 35.5. The maximum Gasteiger partial charge on any atom is 0.272 e. The van der Waals surface area contributed by atoms with Gasteiger partial charge in [0, 0.05) is 25.2 Å². The van der Waals surface area contributed by atoms with E-state index in [0.717, 1.165) is 0 Å². The lowest BCUT2D eigenvalue weighted by Crippen LogP contribution is -2.27. The summed E-state index contributed by atoms with van der Waals surface area (Å²) in [6.45, 7) is 1.01. The number of nitrogens with two attached hydrogens (primary N) is 1. The summed E-state index contributed by atoms with van der Waals surface area (Å²) in [6.07, 6.45) is 0.624. The molecule has 2 rings (SSSR count). The van der Waals surface area contributed by atoms with E-state index < -0.39 is 4.92 Å². The van der Waals surface area contributed by atoms with Crippen molar-refractivity contribution in [2.75, 3.05) is 18.0 Å². The Hall–Kier alpha value is -1.53. The van der Waals surface area contributed by atoms with Crippen LogP contribution >= 0.6 is 23.2 Å². The summed E-state index contributed by atoms with van der Waals surface area (Å²) in [5, 5.41) is 11.1. The number of benzene rings is 1. The van der Waals surface area contributed by atoms with Crippen LogP contribution in [0, 0.1) is 16.0 Å². The molecule has 1 heterocycles. The molecule has 1 fully saturated rings. The summed E-state index contributed by atoms with van der Waals surface area (Å²) in [7, 11) is 0. The standard InChI is InChI=1S/C11H11Cl2N3O3/c12-8-3-7(16(18)19)4-9(13)10(8)15-2-1-6(5-15)11(14)17/h3-4,6H,1-2,5H2,(H2,14,17). The summed E-state index contributed by atoms with van der Waals surface area (Å²) in [5.41, 5.74) is 5.61. The average Bonchev–Trinajstić information content (AvgIpc) is 2.77. The van der Waals surface area contributed by atoms with Gasteiger partial charge < -0.3 is 10.6 Å². The lowest BCUT2D eigenvalue weighted by atomic mass is 10.1. The van der Waals surface area contributed by atoms with Gasteiger partial charge in [-0.05, 0) is 6.42 Å². The maximum atomic E-state index is 11.1. The van der Waals surface area contributed by atoms with Crippen LogP contribution in [0.15, 0.2) is 12.1 Å². The van der Waals surface area contributed by atoms with Gasteiger partial charge in [0.2, 0.25) is 5.91 Å². The maximum absolute atomic E-state index is 11.1. The number of anilines is 1. The van der Waals surface area contributed by atoms with Gasteiger partial charge in [0.1, 0.15) is 0 Å². The van der Waals surface area contributed by atoms with E-state index in [1.54, 1.807) is 0 Å². The second kappa shape index (κ2) is 5.22. The van der Waals surface area contributed by atoms with Crippen LogP contribution < -0.4 is 10.6 Å². The van der Waals surface area contributed by atoms with E-state index in [1.807, 2.05) is 4.90 Å². The number of hydrogen-bond acceptors (Lipinski definition) is 4. The zero-order chi connectivity index (χ0) is 14.2. The van der Waals surface area contributed by atoms with Gasteiger partial charge in [-0.1, -0.05) is 23.2 Å². The minimum Gasteiger partial charge on any atom is -0.369 e. The second-order valence-electron chi connectivity index (χ2n) is 4.35. The molecule has 0 aliphatic carbocycles. The van der Waals surface area contributed by atoms with Gasteiger partial charge in [-0.2, -0.15) is 0 Å². The number of rotatable bonds is 3. The van der Waals surface area contributed by atoms with Gasteiger partial charge in [0.25, 0.3) is 5.69 Å². The quantitative estimate of drug-likeness (QED) is 0.685. The smallest absolute Gasteiger partial charge is 0.272 e. The Kier molecular flexibility index (Phi) is 3.82. The van der Waals surface area contributed by atoms with Crippen molar-refractivity contribution < 1.29 is 9.72 Å². The average molecular weight is 304 g/mol. The number of nitro benzene ring substituents is 1. The number of nitro groups is 1. The normalized spacial score (nSPS) is 18.6. The molecule has 1 aromatic rings. The molecule has 0 spiro atoms. The third-order valence-corrected chi connectivity index (χ3v) is 3.70. The molecule has 8 heteroatoms. The number of carbonyl (C=O) groups is 1.